The van der Waals surface area contributed by atoms with Crippen LogP contribution in [0.4, 0.5) is 0 Å². The lowest BCUT2D eigenvalue weighted by Gasteiger charge is -2.07. The van der Waals surface area contributed by atoms with E-state index in [2.05, 4.69) is 36.8 Å². The second-order valence-corrected chi connectivity index (χ2v) is 5.55. The number of aryl methyl sites for hydroxylation is 1. The maximum Gasteiger partial charge on any atom is 0.296 e. The van der Waals surface area contributed by atoms with E-state index in [1.165, 1.54) is 12.0 Å². The maximum absolute atomic E-state index is 9.92. The number of nitrogens with zero attached hydrogens (tertiary/aromatic N) is 3. The van der Waals surface area contributed by atoms with Crippen molar-refractivity contribution in [2.75, 3.05) is 0 Å². The summed E-state index contributed by atoms with van der Waals surface area (Å²) >= 11 is 0. The second kappa shape index (κ2) is 6.04. The molecule has 19 heavy (non-hydrogen) atoms. The van der Waals surface area contributed by atoms with Gasteiger partial charge < -0.3 is 5.11 Å². The minimum absolute atomic E-state index is 0.0836. The quantitative estimate of drug-likeness (QED) is 0.809. The molecular weight excluding hydrogens is 238 g/mol. The van der Waals surface area contributed by atoms with Crippen LogP contribution in [-0.4, -0.2) is 19.6 Å². The van der Waals surface area contributed by atoms with E-state index in [0.717, 1.165) is 31.3 Å². The van der Waals surface area contributed by atoms with Gasteiger partial charge in [0.1, 0.15) is 0 Å². The van der Waals surface area contributed by atoms with Crippen molar-refractivity contribution >= 4 is 11.2 Å². The minimum Gasteiger partial charge on any atom is -0.480 e. The highest BCUT2D eigenvalue weighted by molar-refractivity contribution is 5.73. The third-order valence-electron chi connectivity index (χ3n) is 3.27. The van der Waals surface area contributed by atoms with Crippen LogP contribution in [0.5, 0.6) is 6.01 Å². The van der Waals surface area contributed by atoms with Crippen LogP contribution in [0.3, 0.4) is 0 Å². The van der Waals surface area contributed by atoms with Gasteiger partial charge in [-0.15, -0.1) is 0 Å². The highest BCUT2D eigenvalue weighted by Gasteiger charge is 2.11. The van der Waals surface area contributed by atoms with Crippen LogP contribution in [0.2, 0.25) is 0 Å². The van der Waals surface area contributed by atoms with Crippen LogP contribution in [0.15, 0.2) is 12.3 Å². The highest BCUT2D eigenvalue weighted by atomic mass is 16.3. The van der Waals surface area contributed by atoms with Crippen molar-refractivity contribution in [1.29, 1.82) is 0 Å². The molecule has 2 heterocycles. The van der Waals surface area contributed by atoms with E-state index in [-0.39, 0.29) is 6.01 Å². The van der Waals surface area contributed by atoms with Crippen molar-refractivity contribution < 1.29 is 5.11 Å². The number of imidazole rings is 1. The predicted molar refractivity (Wildman–Crippen MR) is 77.3 cm³/mol. The predicted octanol–water partition coefficient (Wildman–Crippen LogP) is 3.53. The van der Waals surface area contributed by atoms with E-state index in [4.69, 9.17) is 0 Å². The van der Waals surface area contributed by atoms with E-state index in [1.807, 2.05) is 10.8 Å². The smallest absolute Gasteiger partial charge is 0.296 e. The topological polar surface area (TPSA) is 50.9 Å². The summed E-state index contributed by atoms with van der Waals surface area (Å²) in [7, 11) is 0. The normalized spacial score (nSPS) is 11.6. The summed E-state index contributed by atoms with van der Waals surface area (Å²) in [6.07, 6.45) is 6.27. The van der Waals surface area contributed by atoms with Crippen LogP contribution in [0.25, 0.3) is 11.2 Å². The molecule has 1 N–H and O–H groups in total. The molecule has 2 rings (SSSR count). The number of aromatic nitrogens is 3. The Morgan fingerprint density at radius 1 is 1.32 bits per heavy atom. The molecule has 0 saturated carbocycles. The van der Waals surface area contributed by atoms with Gasteiger partial charge in [-0.1, -0.05) is 33.6 Å². The molecular formula is C15H23N3O. The van der Waals surface area contributed by atoms with Gasteiger partial charge >= 0.3 is 0 Å². The maximum atomic E-state index is 9.92. The fraction of sp³-hybridized carbons (Fsp3) is 0.600. The molecule has 0 fully saturated rings. The molecule has 2 aromatic heterocycles. The SMILES string of the molecule is CCCCCn1c(O)nc2ncc(CC(C)C)cc21. The third kappa shape index (κ3) is 3.25. The summed E-state index contributed by atoms with van der Waals surface area (Å²) in [5.74, 6) is 0.601. The molecule has 0 amide bonds. The fourth-order valence-electron chi connectivity index (χ4n) is 2.36. The van der Waals surface area contributed by atoms with Gasteiger partial charge in [-0.3, -0.25) is 4.57 Å². The molecule has 0 atom stereocenters. The molecule has 0 unspecified atom stereocenters. The van der Waals surface area contributed by atoms with Gasteiger partial charge in [0.05, 0.1) is 5.52 Å². The standard InChI is InChI=1S/C15H23N3O/c1-4-5-6-7-18-13-9-12(8-11(2)3)10-16-14(13)17-15(18)19/h9-11H,4-8H2,1-3H3,(H,16,17,19). The Labute approximate surface area is 114 Å². The summed E-state index contributed by atoms with van der Waals surface area (Å²) < 4.78 is 1.88. The zero-order valence-corrected chi connectivity index (χ0v) is 12.1. The van der Waals surface area contributed by atoms with Crippen molar-refractivity contribution in [2.45, 2.75) is 53.0 Å². The number of aromatic hydroxyl groups is 1. The molecule has 0 saturated heterocycles. The largest absolute Gasteiger partial charge is 0.480 e. The number of hydrogen-bond acceptors (Lipinski definition) is 3. The molecule has 104 valence electrons. The fourth-order valence-corrected chi connectivity index (χ4v) is 2.36. The molecule has 0 aliphatic rings. The average Bonchev–Trinajstić information content (AvgIpc) is 2.65. The molecule has 4 heteroatoms. The average molecular weight is 261 g/mol. The molecule has 2 aromatic rings. The first kappa shape index (κ1) is 13.8. The molecule has 0 aliphatic heterocycles. The lowest BCUT2D eigenvalue weighted by Crippen LogP contribution is -1.99. The van der Waals surface area contributed by atoms with Crippen molar-refractivity contribution in [1.82, 2.24) is 14.5 Å². The first-order valence-electron chi connectivity index (χ1n) is 7.16. The number of hydrogen-bond donors (Lipinski definition) is 1. The van der Waals surface area contributed by atoms with Crippen LogP contribution >= 0.6 is 0 Å². The first-order chi connectivity index (χ1) is 9.11. The van der Waals surface area contributed by atoms with Gasteiger partial charge in [0.25, 0.3) is 6.01 Å². The van der Waals surface area contributed by atoms with Crippen LogP contribution in [-0.2, 0) is 13.0 Å². The van der Waals surface area contributed by atoms with Gasteiger partial charge in [-0.2, -0.15) is 4.98 Å². The number of rotatable bonds is 6. The Kier molecular flexibility index (Phi) is 4.40. The summed E-state index contributed by atoms with van der Waals surface area (Å²) in [6.45, 7) is 7.37. The molecule has 0 aromatic carbocycles. The van der Waals surface area contributed by atoms with Crippen molar-refractivity contribution in [3.8, 4) is 6.01 Å². The van der Waals surface area contributed by atoms with E-state index in [1.54, 1.807) is 0 Å². The van der Waals surface area contributed by atoms with Crippen molar-refractivity contribution in [3.63, 3.8) is 0 Å². The Balaban J connectivity index is 2.30. The van der Waals surface area contributed by atoms with E-state index < -0.39 is 0 Å². The summed E-state index contributed by atoms with van der Waals surface area (Å²) in [6, 6.07) is 2.20. The van der Waals surface area contributed by atoms with Crippen LogP contribution in [0, 0.1) is 5.92 Å². The zero-order valence-electron chi connectivity index (χ0n) is 12.1. The molecule has 0 bridgehead atoms. The summed E-state index contributed by atoms with van der Waals surface area (Å²) in [5, 5.41) is 9.92. The monoisotopic (exact) mass is 261 g/mol. The van der Waals surface area contributed by atoms with Gasteiger partial charge in [0, 0.05) is 12.7 Å². The van der Waals surface area contributed by atoms with Gasteiger partial charge in [0.2, 0.25) is 0 Å². The third-order valence-corrected chi connectivity index (χ3v) is 3.27. The summed E-state index contributed by atoms with van der Waals surface area (Å²) in [4.78, 5) is 8.47. The van der Waals surface area contributed by atoms with E-state index in [0.29, 0.717) is 11.6 Å². The number of unbranched alkanes of at least 4 members (excludes halogenated alkanes) is 2. The number of fused-ring (bicyclic) bond motifs is 1. The zero-order chi connectivity index (χ0) is 13.8. The molecule has 0 radical (unpaired) electrons. The van der Waals surface area contributed by atoms with Crippen LogP contribution < -0.4 is 0 Å². The lowest BCUT2D eigenvalue weighted by atomic mass is 10.0. The van der Waals surface area contributed by atoms with Crippen molar-refractivity contribution in [2.24, 2.45) is 5.92 Å². The summed E-state index contributed by atoms with van der Waals surface area (Å²) in [5.41, 5.74) is 2.80. The second-order valence-electron chi connectivity index (χ2n) is 5.55. The number of pyridine rings is 1. The van der Waals surface area contributed by atoms with Crippen molar-refractivity contribution in [3.05, 3.63) is 17.8 Å². The molecule has 0 spiro atoms. The van der Waals surface area contributed by atoms with Gasteiger partial charge in [-0.05, 0) is 30.4 Å². The Hall–Kier alpha value is -1.58. The highest BCUT2D eigenvalue weighted by Crippen LogP contribution is 2.21. The Bertz CT molecular complexity index is 546. The lowest BCUT2D eigenvalue weighted by molar-refractivity contribution is 0.397. The van der Waals surface area contributed by atoms with Crippen LogP contribution in [0.1, 0.15) is 45.6 Å². The Morgan fingerprint density at radius 2 is 2.11 bits per heavy atom. The molecule has 4 nitrogen and oxygen atoms in total. The first-order valence-corrected chi connectivity index (χ1v) is 7.16. The molecule has 0 aliphatic carbocycles. The van der Waals surface area contributed by atoms with Gasteiger partial charge in [0.15, 0.2) is 5.65 Å². The van der Waals surface area contributed by atoms with E-state index >= 15 is 0 Å². The van der Waals surface area contributed by atoms with Gasteiger partial charge in [-0.25, -0.2) is 4.98 Å². The Morgan fingerprint density at radius 3 is 2.79 bits per heavy atom. The van der Waals surface area contributed by atoms with E-state index in [9.17, 15) is 5.11 Å². The minimum atomic E-state index is 0.0836.